The highest BCUT2D eigenvalue weighted by Gasteiger charge is 2.09. The number of nitro groups is 1. The van der Waals surface area contributed by atoms with Crippen LogP contribution in [0.3, 0.4) is 0 Å². The molecule has 0 aliphatic carbocycles. The third-order valence-electron chi connectivity index (χ3n) is 3.42. The first-order valence-electron chi connectivity index (χ1n) is 7.24. The molecule has 0 heterocycles. The Labute approximate surface area is 125 Å². The van der Waals surface area contributed by atoms with Gasteiger partial charge in [0.1, 0.15) is 0 Å². The molecule has 0 saturated carbocycles. The van der Waals surface area contributed by atoms with Gasteiger partial charge in [-0.3, -0.25) is 10.1 Å². The van der Waals surface area contributed by atoms with Crippen molar-refractivity contribution in [1.29, 1.82) is 0 Å². The Kier molecular flexibility index (Phi) is 5.32. The van der Waals surface area contributed by atoms with Gasteiger partial charge in [0.05, 0.1) is 4.92 Å². The third-order valence-corrected chi connectivity index (χ3v) is 3.42. The largest absolute Gasteiger partial charge is 0.367 e. The van der Waals surface area contributed by atoms with E-state index >= 15 is 0 Å². The number of para-hydroxylation sites is 1. The van der Waals surface area contributed by atoms with Crippen molar-refractivity contribution >= 4 is 11.4 Å². The second kappa shape index (κ2) is 7.43. The molecular formula is C17H20N2O2. The van der Waals surface area contributed by atoms with Crippen molar-refractivity contribution < 1.29 is 4.92 Å². The van der Waals surface area contributed by atoms with Crippen LogP contribution in [0.4, 0.5) is 11.4 Å². The maximum Gasteiger partial charge on any atom is 0.269 e. The summed E-state index contributed by atoms with van der Waals surface area (Å²) < 4.78 is 0. The Morgan fingerprint density at radius 2 is 1.71 bits per heavy atom. The van der Waals surface area contributed by atoms with Gasteiger partial charge in [-0.25, -0.2) is 0 Å². The summed E-state index contributed by atoms with van der Waals surface area (Å²) in [6.45, 7) is 3.93. The molecule has 110 valence electrons. The number of nitrogens with zero attached hydrogens (tertiary/aromatic N) is 2. The van der Waals surface area contributed by atoms with Gasteiger partial charge in [-0.05, 0) is 24.1 Å². The summed E-state index contributed by atoms with van der Waals surface area (Å²) in [6.07, 6.45) is 2.27. The fourth-order valence-corrected chi connectivity index (χ4v) is 2.23. The van der Waals surface area contributed by atoms with Crippen LogP contribution in [0.15, 0.2) is 54.6 Å². The minimum Gasteiger partial charge on any atom is -0.367 e. The van der Waals surface area contributed by atoms with Gasteiger partial charge in [0.2, 0.25) is 0 Å². The van der Waals surface area contributed by atoms with E-state index in [0.29, 0.717) is 0 Å². The number of rotatable bonds is 7. The van der Waals surface area contributed by atoms with Crippen LogP contribution in [-0.4, -0.2) is 11.5 Å². The topological polar surface area (TPSA) is 46.4 Å². The third kappa shape index (κ3) is 4.31. The molecule has 0 aromatic heterocycles. The summed E-state index contributed by atoms with van der Waals surface area (Å²) in [5.41, 5.74) is 2.41. The van der Waals surface area contributed by atoms with E-state index in [0.717, 1.165) is 31.5 Å². The molecule has 0 N–H and O–H groups in total. The van der Waals surface area contributed by atoms with Crippen LogP contribution >= 0.6 is 0 Å². The summed E-state index contributed by atoms with van der Waals surface area (Å²) in [6, 6.07) is 17.1. The molecule has 0 spiro atoms. The Morgan fingerprint density at radius 3 is 2.29 bits per heavy atom. The summed E-state index contributed by atoms with van der Waals surface area (Å²) in [4.78, 5) is 12.6. The van der Waals surface area contributed by atoms with E-state index in [1.165, 1.54) is 5.69 Å². The van der Waals surface area contributed by atoms with Crippen LogP contribution in [0.5, 0.6) is 0 Å². The summed E-state index contributed by atoms with van der Waals surface area (Å²) in [5.74, 6) is 0. The molecule has 2 aromatic carbocycles. The number of anilines is 1. The van der Waals surface area contributed by atoms with Crippen LogP contribution in [0.25, 0.3) is 0 Å². The summed E-state index contributed by atoms with van der Waals surface area (Å²) >= 11 is 0. The minimum atomic E-state index is -0.365. The zero-order valence-corrected chi connectivity index (χ0v) is 12.2. The van der Waals surface area contributed by atoms with Crippen LogP contribution < -0.4 is 4.90 Å². The molecule has 4 nitrogen and oxygen atoms in total. The average molecular weight is 284 g/mol. The molecule has 0 aliphatic heterocycles. The molecule has 0 atom stereocenters. The van der Waals surface area contributed by atoms with Gasteiger partial charge in [-0.15, -0.1) is 0 Å². The minimum absolute atomic E-state index is 0.138. The second-order valence-electron chi connectivity index (χ2n) is 5.03. The Bertz CT molecular complexity index is 567. The van der Waals surface area contributed by atoms with E-state index in [9.17, 15) is 10.1 Å². The highest BCUT2D eigenvalue weighted by molar-refractivity contribution is 5.47. The monoisotopic (exact) mass is 284 g/mol. The van der Waals surface area contributed by atoms with E-state index in [-0.39, 0.29) is 10.6 Å². The Morgan fingerprint density at radius 1 is 1.05 bits per heavy atom. The molecule has 0 unspecified atom stereocenters. The van der Waals surface area contributed by atoms with Crippen molar-refractivity contribution in [3.63, 3.8) is 0 Å². The second-order valence-corrected chi connectivity index (χ2v) is 5.03. The molecule has 4 heteroatoms. The zero-order chi connectivity index (χ0) is 15.1. The van der Waals surface area contributed by atoms with E-state index in [1.807, 2.05) is 30.3 Å². The quantitative estimate of drug-likeness (QED) is 0.559. The van der Waals surface area contributed by atoms with Gasteiger partial charge in [-0.1, -0.05) is 43.7 Å². The molecule has 0 bridgehead atoms. The molecule has 0 aliphatic rings. The maximum atomic E-state index is 10.7. The fourth-order valence-electron chi connectivity index (χ4n) is 2.23. The van der Waals surface area contributed by atoms with Gasteiger partial charge >= 0.3 is 0 Å². The molecule has 0 fully saturated rings. The lowest BCUT2D eigenvalue weighted by atomic mass is 10.1. The first-order chi connectivity index (χ1) is 10.2. The van der Waals surface area contributed by atoms with Gasteiger partial charge in [-0.2, -0.15) is 0 Å². The smallest absolute Gasteiger partial charge is 0.269 e. The Balaban J connectivity index is 2.12. The average Bonchev–Trinajstić information content (AvgIpc) is 2.52. The first kappa shape index (κ1) is 15.0. The predicted molar refractivity (Wildman–Crippen MR) is 85.5 cm³/mol. The van der Waals surface area contributed by atoms with Crippen LogP contribution in [0, 0.1) is 10.1 Å². The molecule has 21 heavy (non-hydrogen) atoms. The molecule has 0 saturated heterocycles. The van der Waals surface area contributed by atoms with Crippen molar-refractivity contribution in [1.82, 2.24) is 0 Å². The van der Waals surface area contributed by atoms with E-state index < -0.39 is 0 Å². The predicted octanol–water partition coefficient (Wildman–Crippen LogP) is 4.40. The molecule has 0 amide bonds. The lowest BCUT2D eigenvalue weighted by molar-refractivity contribution is -0.384. The number of hydrogen-bond donors (Lipinski definition) is 0. The Hall–Kier alpha value is -2.36. The highest BCUT2D eigenvalue weighted by atomic mass is 16.6. The van der Waals surface area contributed by atoms with Gasteiger partial charge in [0.25, 0.3) is 5.69 Å². The van der Waals surface area contributed by atoms with Crippen molar-refractivity contribution in [2.45, 2.75) is 26.3 Å². The normalized spacial score (nSPS) is 10.3. The first-order valence-corrected chi connectivity index (χ1v) is 7.24. The zero-order valence-electron chi connectivity index (χ0n) is 12.2. The molecule has 2 rings (SSSR count). The number of nitro benzene ring substituents is 1. The maximum absolute atomic E-state index is 10.7. The number of benzene rings is 2. The van der Waals surface area contributed by atoms with Gasteiger partial charge in [0.15, 0.2) is 0 Å². The van der Waals surface area contributed by atoms with E-state index in [4.69, 9.17) is 0 Å². The molecular weight excluding hydrogens is 264 g/mol. The van der Waals surface area contributed by atoms with Crippen molar-refractivity contribution in [3.05, 3.63) is 70.3 Å². The number of hydrogen-bond acceptors (Lipinski definition) is 3. The highest BCUT2D eigenvalue weighted by Crippen LogP contribution is 2.19. The summed E-state index contributed by atoms with van der Waals surface area (Å²) in [5, 5.41) is 10.7. The standard InChI is InChI=1S/C17H20N2O2/c1-2-3-13-18(16-7-5-4-6-8-16)14-15-9-11-17(12-10-15)19(20)21/h4-12H,2-3,13-14H2,1H3. The van der Waals surface area contributed by atoms with Crippen LogP contribution in [0.2, 0.25) is 0 Å². The lowest BCUT2D eigenvalue weighted by Crippen LogP contribution is -2.23. The van der Waals surface area contributed by atoms with Crippen molar-refractivity contribution in [3.8, 4) is 0 Å². The summed E-state index contributed by atoms with van der Waals surface area (Å²) in [7, 11) is 0. The van der Waals surface area contributed by atoms with Crippen molar-refractivity contribution in [2.75, 3.05) is 11.4 Å². The van der Waals surface area contributed by atoms with E-state index in [1.54, 1.807) is 12.1 Å². The SMILES string of the molecule is CCCCN(Cc1ccc([N+](=O)[O-])cc1)c1ccccc1. The van der Waals surface area contributed by atoms with E-state index in [2.05, 4.69) is 24.0 Å². The molecule has 0 radical (unpaired) electrons. The number of non-ortho nitro benzene ring substituents is 1. The van der Waals surface area contributed by atoms with Gasteiger partial charge < -0.3 is 4.90 Å². The number of unbranched alkanes of at least 4 members (excludes halogenated alkanes) is 1. The molecule has 2 aromatic rings. The van der Waals surface area contributed by atoms with Crippen LogP contribution in [0.1, 0.15) is 25.3 Å². The van der Waals surface area contributed by atoms with Gasteiger partial charge in [0, 0.05) is 30.9 Å². The fraction of sp³-hybridized carbons (Fsp3) is 0.294. The lowest BCUT2D eigenvalue weighted by Gasteiger charge is -2.25. The van der Waals surface area contributed by atoms with Crippen LogP contribution in [-0.2, 0) is 6.54 Å². The van der Waals surface area contributed by atoms with Crippen molar-refractivity contribution in [2.24, 2.45) is 0 Å².